The third-order valence-electron chi connectivity index (χ3n) is 2.84. The van der Waals surface area contributed by atoms with Crippen molar-refractivity contribution in [3.8, 4) is 5.75 Å². The molecule has 0 bridgehead atoms. The average Bonchev–Trinajstić information content (AvgIpc) is 2.31. The van der Waals surface area contributed by atoms with Crippen molar-refractivity contribution in [2.24, 2.45) is 0 Å². The molecule has 0 amide bonds. The summed E-state index contributed by atoms with van der Waals surface area (Å²) in [6, 6.07) is 4.70. The highest BCUT2D eigenvalue weighted by molar-refractivity contribution is 5.85. The molecule has 7 heteroatoms. The van der Waals surface area contributed by atoms with Gasteiger partial charge in [0.1, 0.15) is 18.0 Å². The van der Waals surface area contributed by atoms with Crippen molar-refractivity contribution in [1.29, 1.82) is 0 Å². The van der Waals surface area contributed by atoms with Gasteiger partial charge in [-0.3, -0.25) is 0 Å². The number of ether oxygens (including phenoxy) is 1. The zero-order chi connectivity index (χ0) is 13.2. The number of piperidine rings is 1. The maximum Gasteiger partial charge on any atom is 0.416 e. The van der Waals surface area contributed by atoms with Crippen molar-refractivity contribution in [3.63, 3.8) is 0 Å². The minimum atomic E-state index is -4.38. The van der Waals surface area contributed by atoms with Crippen LogP contribution in [-0.4, -0.2) is 30.4 Å². The third-order valence-corrected chi connectivity index (χ3v) is 2.84. The van der Waals surface area contributed by atoms with E-state index >= 15 is 0 Å². The number of aliphatic hydroxyl groups is 1. The summed E-state index contributed by atoms with van der Waals surface area (Å²) in [5.74, 6) is 0.135. The zero-order valence-corrected chi connectivity index (χ0v) is 10.8. The molecular formula is C12H15ClF3NO2. The van der Waals surface area contributed by atoms with Gasteiger partial charge in [-0.05, 0) is 31.2 Å². The third kappa shape index (κ3) is 4.26. The molecule has 1 aromatic rings. The molecule has 2 rings (SSSR count). The van der Waals surface area contributed by atoms with Gasteiger partial charge in [0.05, 0.1) is 5.56 Å². The molecule has 2 N–H and O–H groups in total. The molecule has 0 unspecified atom stereocenters. The second kappa shape index (κ2) is 6.45. The summed E-state index contributed by atoms with van der Waals surface area (Å²) in [5.41, 5.74) is -0.747. The Bertz CT molecular complexity index is 414. The van der Waals surface area contributed by atoms with E-state index in [1.165, 1.54) is 12.1 Å². The molecule has 0 radical (unpaired) electrons. The van der Waals surface area contributed by atoms with Gasteiger partial charge in [-0.15, -0.1) is 12.4 Å². The molecule has 3 nitrogen and oxygen atoms in total. The van der Waals surface area contributed by atoms with Gasteiger partial charge in [-0.25, -0.2) is 0 Å². The van der Waals surface area contributed by atoms with Crippen molar-refractivity contribution in [2.75, 3.05) is 13.1 Å². The lowest BCUT2D eigenvalue weighted by molar-refractivity contribution is -0.137. The predicted molar refractivity (Wildman–Crippen MR) is 66.6 cm³/mol. The Kier molecular flexibility index (Phi) is 5.46. The molecule has 1 saturated heterocycles. The molecule has 1 aliphatic rings. The van der Waals surface area contributed by atoms with Gasteiger partial charge in [-0.2, -0.15) is 13.2 Å². The Balaban J connectivity index is 0.00000180. The summed E-state index contributed by atoms with van der Waals surface area (Å²) in [6.07, 6.45) is -4.98. The van der Waals surface area contributed by atoms with E-state index in [4.69, 9.17) is 4.74 Å². The largest absolute Gasteiger partial charge is 0.488 e. The second-order valence-corrected chi connectivity index (χ2v) is 4.24. The van der Waals surface area contributed by atoms with Crippen molar-refractivity contribution in [3.05, 3.63) is 29.8 Å². The molecule has 1 fully saturated rings. The number of hydrogen-bond acceptors (Lipinski definition) is 3. The maximum atomic E-state index is 12.5. The predicted octanol–water partition coefficient (Wildman–Crippen LogP) is 2.23. The Morgan fingerprint density at radius 3 is 2.68 bits per heavy atom. The van der Waals surface area contributed by atoms with E-state index < -0.39 is 23.9 Å². The van der Waals surface area contributed by atoms with Gasteiger partial charge in [0.15, 0.2) is 0 Å². The number of halogens is 4. The molecule has 1 heterocycles. The van der Waals surface area contributed by atoms with Crippen LogP contribution in [0.4, 0.5) is 13.2 Å². The van der Waals surface area contributed by atoms with Gasteiger partial charge >= 0.3 is 6.18 Å². The first kappa shape index (κ1) is 16.1. The Hall–Kier alpha value is -0.980. The van der Waals surface area contributed by atoms with Crippen LogP contribution >= 0.6 is 12.4 Å². The fourth-order valence-electron chi connectivity index (χ4n) is 1.88. The van der Waals surface area contributed by atoms with Crippen LogP contribution in [0.1, 0.15) is 12.0 Å². The van der Waals surface area contributed by atoms with Gasteiger partial charge in [0, 0.05) is 6.54 Å². The van der Waals surface area contributed by atoms with E-state index in [-0.39, 0.29) is 18.2 Å². The monoisotopic (exact) mass is 297 g/mol. The molecule has 19 heavy (non-hydrogen) atoms. The lowest BCUT2D eigenvalue weighted by Gasteiger charge is -2.29. The normalized spacial score (nSPS) is 23.6. The van der Waals surface area contributed by atoms with E-state index in [1.807, 2.05) is 0 Å². The molecule has 108 valence electrons. The fourth-order valence-corrected chi connectivity index (χ4v) is 1.88. The van der Waals surface area contributed by atoms with Crippen LogP contribution in [0.15, 0.2) is 24.3 Å². The van der Waals surface area contributed by atoms with Crippen LogP contribution in [0, 0.1) is 0 Å². The molecule has 0 spiro atoms. The quantitative estimate of drug-likeness (QED) is 0.879. The van der Waals surface area contributed by atoms with Crippen LogP contribution in [0.3, 0.4) is 0 Å². The number of aliphatic hydroxyl groups excluding tert-OH is 1. The lowest BCUT2D eigenvalue weighted by atomic mass is 10.1. The molecule has 2 atom stereocenters. The van der Waals surface area contributed by atoms with E-state index in [9.17, 15) is 18.3 Å². The van der Waals surface area contributed by atoms with Gasteiger partial charge in [0.25, 0.3) is 0 Å². The highest BCUT2D eigenvalue weighted by atomic mass is 35.5. The number of alkyl halides is 3. The first-order valence-electron chi connectivity index (χ1n) is 5.69. The van der Waals surface area contributed by atoms with E-state index in [1.54, 1.807) is 0 Å². The minimum absolute atomic E-state index is 0. The van der Waals surface area contributed by atoms with Crippen molar-refractivity contribution < 1.29 is 23.0 Å². The lowest BCUT2D eigenvalue weighted by Crippen LogP contribution is -2.46. The summed E-state index contributed by atoms with van der Waals surface area (Å²) in [4.78, 5) is 0. The molecule has 0 aliphatic carbocycles. The standard InChI is InChI=1S/C12H14F3NO2.ClH/c13-12(14,15)8-2-1-3-9(6-8)18-11-4-5-16-7-10(11)17;/h1-3,6,10-11,16-17H,4-5,7H2;1H/t10-,11-;/m1./s1. The number of benzene rings is 1. The van der Waals surface area contributed by atoms with Crippen molar-refractivity contribution >= 4 is 12.4 Å². The summed E-state index contributed by atoms with van der Waals surface area (Å²) >= 11 is 0. The van der Waals surface area contributed by atoms with Gasteiger partial charge in [0.2, 0.25) is 0 Å². The molecule has 1 aromatic carbocycles. The second-order valence-electron chi connectivity index (χ2n) is 4.24. The number of β-amino-alcohol motifs (C(OH)–C–C–N with tert-alkyl or cyclic N) is 1. The average molecular weight is 298 g/mol. The zero-order valence-electron chi connectivity index (χ0n) is 9.98. The van der Waals surface area contributed by atoms with Crippen LogP contribution in [0.5, 0.6) is 5.75 Å². The first-order chi connectivity index (χ1) is 8.47. The van der Waals surface area contributed by atoms with Gasteiger partial charge < -0.3 is 15.2 Å². The summed E-state index contributed by atoms with van der Waals surface area (Å²) in [6.45, 7) is 1.07. The molecule has 0 aromatic heterocycles. The SMILES string of the molecule is Cl.O[C@@H]1CNCC[C@H]1Oc1cccc(C(F)(F)F)c1. The van der Waals surface area contributed by atoms with Crippen LogP contribution in [-0.2, 0) is 6.18 Å². The summed E-state index contributed by atoms with van der Waals surface area (Å²) in [5, 5.41) is 12.6. The fraction of sp³-hybridized carbons (Fsp3) is 0.500. The summed E-state index contributed by atoms with van der Waals surface area (Å²) in [7, 11) is 0. The Morgan fingerprint density at radius 1 is 1.32 bits per heavy atom. The summed E-state index contributed by atoms with van der Waals surface area (Å²) < 4.78 is 42.9. The van der Waals surface area contributed by atoms with E-state index in [0.29, 0.717) is 19.5 Å². The van der Waals surface area contributed by atoms with Crippen LogP contribution in [0.2, 0.25) is 0 Å². The first-order valence-corrected chi connectivity index (χ1v) is 5.69. The van der Waals surface area contributed by atoms with Crippen molar-refractivity contribution in [2.45, 2.75) is 24.8 Å². The van der Waals surface area contributed by atoms with Crippen LogP contribution < -0.4 is 10.1 Å². The topological polar surface area (TPSA) is 41.5 Å². The maximum absolute atomic E-state index is 12.5. The molecule has 1 aliphatic heterocycles. The van der Waals surface area contributed by atoms with Gasteiger partial charge in [-0.1, -0.05) is 6.07 Å². The Labute approximate surface area is 115 Å². The smallest absolute Gasteiger partial charge is 0.416 e. The number of nitrogens with one attached hydrogen (secondary N) is 1. The Morgan fingerprint density at radius 2 is 2.05 bits per heavy atom. The minimum Gasteiger partial charge on any atom is -0.488 e. The van der Waals surface area contributed by atoms with E-state index in [0.717, 1.165) is 12.1 Å². The number of rotatable bonds is 2. The van der Waals surface area contributed by atoms with Crippen LogP contribution in [0.25, 0.3) is 0 Å². The molecule has 0 saturated carbocycles. The number of hydrogen-bond donors (Lipinski definition) is 2. The molecular weight excluding hydrogens is 283 g/mol. The highest BCUT2D eigenvalue weighted by Gasteiger charge is 2.31. The van der Waals surface area contributed by atoms with Crippen molar-refractivity contribution in [1.82, 2.24) is 5.32 Å². The highest BCUT2D eigenvalue weighted by Crippen LogP contribution is 2.31. The van der Waals surface area contributed by atoms with E-state index in [2.05, 4.69) is 5.32 Å².